The fraction of sp³-hybridized carbons (Fsp3) is 0.300. The van der Waals surface area contributed by atoms with E-state index in [4.69, 9.17) is 0 Å². The number of anilines is 2. The standard InChI is InChI=1S/C30H33N3O4/c1-19-10-9-11-20(2)26(19)33-30(37)31-25-18-23(21-12-5-3-6-13-21)16-17-24(25)28(34)32-27(29(35)36)22-14-7-4-8-15-22/h3,5-6,9-13,16-18,22,27H,4,7-8,14-15H2,1-2H3,(H,32,34)(H,35,36)(H2,31,33,37)/t27-/m0/s1. The van der Waals surface area contributed by atoms with Gasteiger partial charge in [0.15, 0.2) is 0 Å². The van der Waals surface area contributed by atoms with Gasteiger partial charge in [-0.15, -0.1) is 0 Å². The summed E-state index contributed by atoms with van der Waals surface area (Å²) in [7, 11) is 0. The molecule has 7 nitrogen and oxygen atoms in total. The van der Waals surface area contributed by atoms with Gasteiger partial charge in [0.25, 0.3) is 5.91 Å². The van der Waals surface area contributed by atoms with Crippen molar-refractivity contribution < 1.29 is 19.5 Å². The van der Waals surface area contributed by atoms with E-state index in [2.05, 4.69) is 16.0 Å². The van der Waals surface area contributed by atoms with Gasteiger partial charge in [-0.1, -0.05) is 73.9 Å². The molecule has 0 saturated heterocycles. The smallest absolute Gasteiger partial charge is 0.326 e. The Bertz CT molecular complexity index is 1260. The minimum absolute atomic E-state index is 0.109. The average molecular weight is 500 g/mol. The molecule has 192 valence electrons. The third-order valence-electron chi connectivity index (χ3n) is 7.01. The number of carbonyl (C=O) groups excluding carboxylic acids is 2. The summed E-state index contributed by atoms with van der Waals surface area (Å²) in [6.07, 6.45) is 4.55. The lowest BCUT2D eigenvalue weighted by molar-refractivity contribution is -0.141. The van der Waals surface area contributed by atoms with E-state index in [1.807, 2.05) is 62.4 Å². The summed E-state index contributed by atoms with van der Waals surface area (Å²) >= 11 is 0. The molecule has 37 heavy (non-hydrogen) atoms. The molecule has 7 heteroatoms. The van der Waals surface area contributed by atoms with Crippen LogP contribution in [0.2, 0.25) is 0 Å². The highest BCUT2D eigenvalue weighted by Crippen LogP contribution is 2.29. The van der Waals surface area contributed by atoms with Crippen LogP contribution in [0.15, 0.2) is 66.7 Å². The number of nitrogens with one attached hydrogen (secondary N) is 3. The van der Waals surface area contributed by atoms with Crippen LogP contribution in [-0.2, 0) is 4.79 Å². The van der Waals surface area contributed by atoms with Gasteiger partial charge in [0, 0.05) is 5.69 Å². The molecule has 0 spiro atoms. The molecular weight excluding hydrogens is 466 g/mol. The van der Waals surface area contributed by atoms with Gasteiger partial charge < -0.3 is 21.1 Å². The molecule has 0 bridgehead atoms. The first-order valence-corrected chi connectivity index (χ1v) is 12.7. The van der Waals surface area contributed by atoms with Crippen LogP contribution < -0.4 is 16.0 Å². The molecule has 1 fully saturated rings. The molecule has 1 saturated carbocycles. The summed E-state index contributed by atoms with van der Waals surface area (Å²) in [6, 6.07) is 19.1. The van der Waals surface area contributed by atoms with Gasteiger partial charge in [0.05, 0.1) is 11.3 Å². The van der Waals surface area contributed by atoms with Gasteiger partial charge in [-0.25, -0.2) is 9.59 Å². The normalized spacial score (nSPS) is 14.4. The Balaban J connectivity index is 1.63. The van der Waals surface area contributed by atoms with Gasteiger partial charge >= 0.3 is 12.0 Å². The predicted molar refractivity (Wildman–Crippen MR) is 146 cm³/mol. The van der Waals surface area contributed by atoms with Crippen molar-refractivity contribution in [2.45, 2.75) is 52.0 Å². The molecule has 4 rings (SSSR count). The molecule has 0 unspecified atom stereocenters. The highest BCUT2D eigenvalue weighted by Gasteiger charge is 2.31. The van der Waals surface area contributed by atoms with E-state index in [-0.39, 0.29) is 11.5 Å². The minimum Gasteiger partial charge on any atom is -0.480 e. The molecule has 0 heterocycles. The third kappa shape index (κ3) is 6.36. The second-order valence-corrected chi connectivity index (χ2v) is 9.66. The number of hydrogen-bond acceptors (Lipinski definition) is 3. The van der Waals surface area contributed by atoms with E-state index in [1.54, 1.807) is 18.2 Å². The zero-order valence-electron chi connectivity index (χ0n) is 21.2. The first-order valence-electron chi connectivity index (χ1n) is 12.7. The van der Waals surface area contributed by atoms with E-state index < -0.39 is 23.9 Å². The van der Waals surface area contributed by atoms with Gasteiger partial charge in [0.1, 0.15) is 6.04 Å². The van der Waals surface area contributed by atoms with E-state index in [0.717, 1.165) is 54.4 Å². The summed E-state index contributed by atoms with van der Waals surface area (Å²) in [6.45, 7) is 3.82. The van der Waals surface area contributed by atoms with Crippen LogP contribution in [0.25, 0.3) is 11.1 Å². The molecule has 0 aliphatic heterocycles. The zero-order valence-corrected chi connectivity index (χ0v) is 21.2. The van der Waals surface area contributed by atoms with Crippen molar-refractivity contribution in [3.63, 3.8) is 0 Å². The Kier molecular flexibility index (Phi) is 8.23. The van der Waals surface area contributed by atoms with E-state index in [1.165, 1.54) is 0 Å². The average Bonchev–Trinajstić information content (AvgIpc) is 2.90. The monoisotopic (exact) mass is 499 g/mol. The minimum atomic E-state index is -1.04. The van der Waals surface area contributed by atoms with E-state index in [9.17, 15) is 19.5 Å². The lowest BCUT2D eigenvalue weighted by Gasteiger charge is -2.28. The molecule has 3 amide bonds. The maximum atomic E-state index is 13.4. The van der Waals surface area contributed by atoms with Gasteiger partial charge in [0.2, 0.25) is 0 Å². The number of aryl methyl sites for hydroxylation is 2. The molecule has 3 aromatic carbocycles. The largest absolute Gasteiger partial charge is 0.480 e. The Hall–Kier alpha value is -4.13. The van der Waals surface area contributed by atoms with E-state index in [0.29, 0.717) is 11.4 Å². The Labute approximate surface area is 217 Å². The Morgan fingerprint density at radius 3 is 2.14 bits per heavy atom. The number of amides is 3. The van der Waals surface area contributed by atoms with Crippen LogP contribution in [0.5, 0.6) is 0 Å². The third-order valence-corrected chi connectivity index (χ3v) is 7.01. The molecule has 1 aliphatic carbocycles. The molecule has 4 N–H and O–H groups in total. The summed E-state index contributed by atoms with van der Waals surface area (Å²) in [5, 5.41) is 18.3. The quantitative estimate of drug-likeness (QED) is 0.303. The lowest BCUT2D eigenvalue weighted by Crippen LogP contribution is -2.46. The van der Waals surface area contributed by atoms with Crippen molar-refractivity contribution in [1.82, 2.24) is 5.32 Å². The second-order valence-electron chi connectivity index (χ2n) is 9.66. The number of rotatable bonds is 7. The van der Waals surface area contributed by atoms with Crippen molar-refractivity contribution in [1.29, 1.82) is 0 Å². The SMILES string of the molecule is Cc1cccc(C)c1NC(=O)Nc1cc(-c2ccccc2)ccc1C(=O)N[C@H](C(=O)O)C1CCCCC1. The molecule has 1 atom stereocenters. The van der Waals surface area contributed by atoms with Crippen LogP contribution in [0, 0.1) is 19.8 Å². The number of aliphatic carboxylic acids is 1. The summed E-state index contributed by atoms with van der Waals surface area (Å²) < 4.78 is 0. The maximum Gasteiger partial charge on any atom is 0.326 e. The number of urea groups is 1. The number of carbonyl (C=O) groups is 3. The van der Waals surface area contributed by atoms with Crippen LogP contribution in [-0.4, -0.2) is 29.1 Å². The molecule has 0 aromatic heterocycles. The van der Waals surface area contributed by atoms with Crippen LogP contribution in [0.1, 0.15) is 53.6 Å². The summed E-state index contributed by atoms with van der Waals surface area (Å²) in [5.74, 6) is -1.68. The Morgan fingerprint density at radius 2 is 1.49 bits per heavy atom. The highest BCUT2D eigenvalue weighted by molar-refractivity contribution is 6.08. The van der Waals surface area contributed by atoms with Crippen molar-refractivity contribution >= 4 is 29.3 Å². The molecule has 1 aliphatic rings. The summed E-state index contributed by atoms with van der Waals surface area (Å²) in [5.41, 5.74) is 4.80. The Morgan fingerprint density at radius 1 is 0.811 bits per heavy atom. The number of carboxylic acid groups (broad SMARTS) is 1. The van der Waals surface area contributed by atoms with Gasteiger partial charge in [-0.3, -0.25) is 4.79 Å². The lowest BCUT2D eigenvalue weighted by atomic mass is 9.83. The van der Waals surface area contributed by atoms with Crippen LogP contribution >= 0.6 is 0 Å². The fourth-order valence-corrected chi connectivity index (χ4v) is 5.00. The molecular formula is C30H33N3O4. The van der Waals surface area contributed by atoms with E-state index >= 15 is 0 Å². The van der Waals surface area contributed by atoms with Crippen molar-refractivity contribution in [3.8, 4) is 11.1 Å². The van der Waals surface area contributed by atoms with Gasteiger partial charge in [-0.05, 0) is 67.0 Å². The van der Waals surface area contributed by atoms with Crippen LogP contribution in [0.4, 0.5) is 16.2 Å². The predicted octanol–water partition coefficient (Wildman–Crippen LogP) is 6.38. The molecule has 3 aromatic rings. The van der Waals surface area contributed by atoms with Crippen molar-refractivity contribution in [3.05, 3.63) is 83.4 Å². The number of benzene rings is 3. The maximum absolute atomic E-state index is 13.4. The number of para-hydroxylation sites is 1. The highest BCUT2D eigenvalue weighted by atomic mass is 16.4. The summed E-state index contributed by atoms with van der Waals surface area (Å²) in [4.78, 5) is 38.5. The number of carboxylic acids is 1. The topological polar surface area (TPSA) is 108 Å². The first kappa shape index (κ1) is 25.9. The van der Waals surface area contributed by atoms with Crippen LogP contribution in [0.3, 0.4) is 0 Å². The second kappa shape index (κ2) is 11.7. The fourth-order valence-electron chi connectivity index (χ4n) is 5.00. The van der Waals surface area contributed by atoms with Crippen molar-refractivity contribution in [2.75, 3.05) is 10.6 Å². The first-order chi connectivity index (χ1) is 17.8. The number of hydrogen-bond donors (Lipinski definition) is 4. The zero-order chi connectivity index (χ0) is 26.4. The molecule has 0 radical (unpaired) electrons. The van der Waals surface area contributed by atoms with Crippen molar-refractivity contribution in [2.24, 2.45) is 5.92 Å². The van der Waals surface area contributed by atoms with Gasteiger partial charge in [-0.2, -0.15) is 0 Å².